The molecule has 3 nitrogen and oxygen atoms in total. The molecule has 1 atom stereocenters. The lowest BCUT2D eigenvalue weighted by Gasteiger charge is -2.11. The molecule has 1 saturated carbocycles. The van der Waals surface area contributed by atoms with E-state index in [-0.39, 0.29) is 16.5 Å². The number of hydrogen-bond acceptors (Lipinski definition) is 2. The van der Waals surface area contributed by atoms with Crippen molar-refractivity contribution < 1.29 is 9.18 Å². The SMILES string of the molecule is N#CC(NC(=O)c1cccc(F)c1Cl)C1CC1. The van der Waals surface area contributed by atoms with E-state index in [1.54, 1.807) is 0 Å². The number of carbonyl (C=O) groups is 1. The predicted octanol–water partition coefficient (Wildman–Crippen LogP) is 2.51. The Kier molecular flexibility index (Phi) is 3.30. The Bertz CT molecular complexity index is 494. The maximum absolute atomic E-state index is 13.2. The molecular weight excluding hydrogens is 243 g/mol. The molecule has 0 aromatic heterocycles. The first kappa shape index (κ1) is 11.9. The maximum Gasteiger partial charge on any atom is 0.253 e. The number of carbonyl (C=O) groups excluding carboxylic acids is 1. The van der Waals surface area contributed by atoms with Gasteiger partial charge in [0.1, 0.15) is 11.9 Å². The summed E-state index contributed by atoms with van der Waals surface area (Å²) in [6.07, 6.45) is 1.88. The average Bonchev–Trinajstić information content (AvgIpc) is 3.13. The molecule has 88 valence electrons. The van der Waals surface area contributed by atoms with Crippen molar-refractivity contribution in [2.75, 3.05) is 0 Å². The van der Waals surface area contributed by atoms with Crippen molar-refractivity contribution in [2.45, 2.75) is 18.9 Å². The molecule has 1 unspecified atom stereocenters. The van der Waals surface area contributed by atoms with Crippen LogP contribution in [-0.2, 0) is 0 Å². The number of benzene rings is 1. The van der Waals surface area contributed by atoms with E-state index in [4.69, 9.17) is 16.9 Å². The van der Waals surface area contributed by atoms with Gasteiger partial charge in [-0.25, -0.2) is 4.39 Å². The van der Waals surface area contributed by atoms with Crippen LogP contribution in [0.2, 0.25) is 5.02 Å². The number of nitrogens with one attached hydrogen (secondary N) is 1. The molecule has 1 aromatic carbocycles. The molecule has 2 rings (SSSR count). The molecule has 0 heterocycles. The van der Waals surface area contributed by atoms with E-state index in [0.717, 1.165) is 12.8 Å². The minimum atomic E-state index is -0.640. The summed E-state index contributed by atoms with van der Waals surface area (Å²) in [5, 5.41) is 11.2. The van der Waals surface area contributed by atoms with E-state index in [2.05, 4.69) is 5.32 Å². The summed E-state index contributed by atoms with van der Waals surface area (Å²) in [4.78, 5) is 11.8. The lowest BCUT2D eigenvalue weighted by Crippen LogP contribution is -2.35. The van der Waals surface area contributed by atoms with E-state index in [0.29, 0.717) is 0 Å². The fourth-order valence-electron chi connectivity index (χ4n) is 1.58. The van der Waals surface area contributed by atoms with Crippen LogP contribution in [0.5, 0.6) is 0 Å². The van der Waals surface area contributed by atoms with Crippen LogP contribution in [0.25, 0.3) is 0 Å². The van der Waals surface area contributed by atoms with Crippen molar-refractivity contribution in [3.8, 4) is 6.07 Å². The minimum Gasteiger partial charge on any atom is -0.336 e. The predicted molar refractivity (Wildman–Crippen MR) is 61.0 cm³/mol. The van der Waals surface area contributed by atoms with Crippen LogP contribution in [0.1, 0.15) is 23.2 Å². The molecule has 0 aliphatic heterocycles. The third-order valence-electron chi connectivity index (χ3n) is 2.72. The van der Waals surface area contributed by atoms with E-state index < -0.39 is 17.8 Å². The molecule has 1 N–H and O–H groups in total. The van der Waals surface area contributed by atoms with Crippen LogP contribution in [0.15, 0.2) is 18.2 Å². The van der Waals surface area contributed by atoms with Crippen molar-refractivity contribution in [1.82, 2.24) is 5.32 Å². The van der Waals surface area contributed by atoms with Crippen molar-refractivity contribution in [3.05, 3.63) is 34.6 Å². The van der Waals surface area contributed by atoms with Crippen molar-refractivity contribution in [3.63, 3.8) is 0 Å². The van der Waals surface area contributed by atoms with E-state index in [1.165, 1.54) is 18.2 Å². The van der Waals surface area contributed by atoms with Crippen LogP contribution in [0.4, 0.5) is 4.39 Å². The largest absolute Gasteiger partial charge is 0.336 e. The van der Waals surface area contributed by atoms with Crippen LogP contribution in [0, 0.1) is 23.1 Å². The van der Waals surface area contributed by atoms with Gasteiger partial charge in [0.05, 0.1) is 16.7 Å². The van der Waals surface area contributed by atoms with Gasteiger partial charge in [0.2, 0.25) is 0 Å². The Morgan fingerprint density at radius 3 is 2.88 bits per heavy atom. The highest BCUT2D eigenvalue weighted by atomic mass is 35.5. The second kappa shape index (κ2) is 4.72. The van der Waals surface area contributed by atoms with Crippen LogP contribution in [-0.4, -0.2) is 11.9 Å². The molecule has 0 radical (unpaired) electrons. The van der Waals surface area contributed by atoms with Gasteiger partial charge in [-0.05, 0) is 30.9 Å². The van der Waals surface area contributed by atoms with Gasteiger partial charge in [-0.1, -0.05) is 17.7 Å². The summed E-state index contributed by atoms with van der Waals surface area (Å²) in [6, 6.07) is 5.54. The molecule has 5 heteroatoms. The first-order valence-electron chi connectivity index (χ1n) is 5.28. The van der Waals surface area contributed by atoms with Crippen molar-refractivity contribution in [2.24, 2.45) is 5.92 Å². The van der Waals surface area contributed by atoms with Crippen molar-refractivity contribution >= 4 is 17.5 Å². The third kappa shape index (κ3) is 2.56. The molecule has 1 fully saturated rings. The van der Waals surface area contributed by atoms with Gasteiger partial charge >= 0.3 is 0 Å². The summed E-state index contributed by atoms with van der Waals surface area (Å²) in [6.45, 7) is 0. The molecule has 0 saturated heterocycles. The van der Waals surface area contributed by atoms with Gasteiger partial charge in [0.25, 0.3) is 5.91 Å². The third-order valence-corrected chi connectivity index (χ3v) is 3.10. The number of hydrogen-bond donors (Lipinski definition) is 1. The standard InChI is InChI=1S/C12H10ClFN2O/c13-11-8(2-1-3-9(11)14)12(17)16-10(6-15)7-4-5-7/h1-3,7,10H,4-5H2,(H,16,17). The summed E-state index contributed by atoms with van der Waals surface area (Å²) in [7, 11) is 0. The maximum atomic E-state index is 13.2. The molecule has 0 bridgehead atoms. The summed E-state index contributed by atoms with van der Waals surface area (Å²) in [5.41, 5.74) is 0.0626. The van der Waals surface area contributed by atoms with Gasteiger partial charge in [0, 0.05) is 0 Å². The second-order valence-corrected chi connectivity index (χ2v) is 4.40. The number of nitriles is 1. The van der Waals surface area contributed by atoms with Gasteiger partial charge in [-0.2, -0.15) is 5.26 Å². The number of nitrogens with zero attached hydrogens (tertiary/aromatic N) is 1. The molecular formula is C12H10ClFN2O. The fourth-order valence-corrected chi connectivity index (χ4v) is 1.80. The molecule has 1 aliphatic rings. The quantitative estimate of drug-likeness (QED) is 0.899. The highest BCUT2D eigenvalue weighted by molar-refractivity contribution is 6.34. The average molecular weight is 253 g/mol. The zero-order chi connectivity index (χ0) is 12.4. The summed E-state index contributed by atoms with van der Waals surface area (Å²) in [5.74, 6) is -0.927. The first-order chi connectivity index (χ1) is 8.13. The van der Waals surface area contributed by atoms with Crippen LogP contribution in [0.3, 0.4) is 0 Å². The smallest absolute Gasteiger partial charge is 0.253 e. The van der Waals surface area contributed by atoms with Crippen LogP contribution >= 0.6 is 11.6 Å². The van der Waals surface area contributed by atoms with Gasteiger partial charge in [0.15, 0.2) is 0 Å². The fraction of sp³-hybridized carbons (Fsp3) is 0.333. The van der Waals surface area contributed by atoms with Gasteiger partial charge in [-0.15, -0.1) is 0 Å². The summed E-state index contributed by atoms with van der Waals surface area (Å²) >= 11 is 5.69. The second-order valence-electron chi connectivity index (χ2n) is 4.02. The normalized spacial score (nSPS) is 16.1. The first-order valence-corrected chi connectivity index (χ1v) is 5.65. The monoisotopic (exact) mass is 252 g/mol. The lowest BCUT2D eigenvalue weighted by molar-refractivity contribution is 0.0941. The summed E-state index contributed by atoms with van der Waals surface area (Å²) < 4.78 is 13.2. The molecule has 1 aliphatic carbocycles. The number of amides is 1. The highest BCUT2D eigenvalue weighted by Crippen LogP contribution is 2.32. The molecule has 1 aromatic rings. The Balaban J connectivity index is 2.14. The minimum absolute atomic E-state index is 0.0626. The van der Waals surface area contributed by atoms with Gasteiger partial charge < -0.3 is 5.32 Å². The number of halogens is 2. The Hall–Kier alpha value is -1.60. The highest BCUT2D eigenvalue weighted by Gasteiger charge is 2.32. The van der Waals surface area contributed by atoms with Gasteiger partial charge in [-0.3, -0.25) is 4.79 Å². The number of rotatable bonds is 3. The van der Waals surface area contributed by atoms with Crippen LogP contribution < -0.4 is 5.32 Å². The molecule has 0 spiro atoms. The lowest BCUT2D eigenvalue weighted by atomic mass is 10.1. The Morgan fingerprint density at radius 1 is 1.59 bits per heavy atom. The Morgan fingerprint density at radius 2 is 2.29 bits per heavy atom. The van der Waals surface area contributed by atoms with E-state index in [1.807, 2.05) is 6.07 Å². The molecule has 1 amide bonds. The van der Waals surface area contributed by atoms with E-state index in [9.17, 15) is 9.18 Å². The zero-order valence-corrected chi connectivity index (χ0v) is 9.67. The zero-order valence-electron chi connectivity index (χ0n) is 8.91. The molecule has 17 heavy (non-hydrogen) atoms. The van der Waals surface area contributed by atoms with Crippen molar-refractivity contribution in [1.29, 1.82) is 5.26 Å². The topological polar surface area (TPSA) is 52.9 Å². The Labute approximate surface area is 103 Å². The van der Waals surface area contributed by atoms with E-state index >= 15 is 0 Å².